The molecule has 6 heteroatoms. The second kappa shape index (κ2) is 7.96. The summed E-state index contributed by atoms with van der Waals surface area (Å²) in [7, 11) is 0. The Morgan fingerprint density at radius 1 is 1.23 bits per heavy atom. The van der Waals surface area contributed by atoms with Crippen molar-refractivity contribution in [1.29, 1.82) is 0 Å². The fraction of sp³-hybridized carbons (Fsp3) is 0.125. The van der Waals surface area contributed by atoms with Crippen molar-refractivity contribution in [2.45, 2.75) is 13.0 Å². The molecule has 1 amide bonds. The van der Waals surface area contributed by atoms with E-state index in [1.807, 2.05) is 24.3 Å². The molecule has 114 valence electrons. The highest BCUT2D eigenvalue weighted by atomic mass is 79.9. The van der Waals surface area contributed by atoms with Crippen LogP contribution in [0, 0.1) is 0 Å². The van der Waals surface area contributed by atoms with Crippen LogP contribution in [0.25, 0.3) is 0 Å². The highest BCUT2D eigenvalue weighted by Crippen LogP contribution is 2.14. The average molecular weight is 382 g/mol. The number of nitrogens with one attached hydrogen (secondary N) is 1. The van der Waals surface area contributed by atoms with Crippen LogP contribution in [0.3, 0.4) is 0 Å². The number of amides is 1. The molecule has 1 N–H and O–H groups in total. The molecule has 2 rings (SSSR count). The molecule has 1 atom stereocenters. The number of rotatable bonds is 5. The van der Waals surface area contributed by atoms with Gasteiger partial charge in [-0.15, -0.1) is 0 Å². The lowest BCUT2D eigenvalue weighted by molar-refractivity contribution is -0.126. The van der Waals surface area contributed by atoms with E-state index in [1.54, 1.807) is 31.2 Å². The second-order valence-corrected chi connectivity index (χ2v) is 5.88. The maximum Gasteiger partial charge on any atom is 0.267 e. The Hall–Kier alpha value is -1.85. The van der Waals surface area contributed by atoms with Crippen LogP contribution < -0.4 is 5.32 Å². The monoisotopic (exact) mass is 380 g/mol. The van der Waals surface area contributed by atoms with E-state index in [4.69, 9.17) is 16.4 Å². The van der Waals surface area contributed by atoms with Gasteiger partial charge in [-0.3, -0.25) is 4.79 Å². The van der Waals surface area contributed by atoms with Gasteiger partial charge in [-0.25, -0.2) is 0 Å². The van der Waals surface area contributed by atoms with Crippen LogP contribution in [-0.4, -0.2) is 18.2 Å². The van der Waals surface area contributed by atoms with Crippen LogP contribution in [-0.2, 0) is 9.63 Å². The van der Waals surface area contributed by atoms with Crippen molar-refractivity contribution < 1.29 is 9.63 Å². The van der Waals surface area contributed by atoms with Crippen molar-refractivity contribution in [3.05, 3.63) is 63.6 Å². The molecule has 0 bridgehead atoms. The van der Waals surface area contributed by atoms with E-state index < -0.39 is 6.10 Å². The minimum atomic E-state index is -0.702. The van der Waals surface area contributed by atoms with Crippen molar-refractivity contribution in [2.24, 2.45) is 5.16 Å². The molecule has 0 spiro atoms. The van der Waals surface area contributed by atoms with Crippen molar-refractivity contribution in [1.82, 2.24) is 0 Å². The normalized spacial score (nSPS) is 12.1. The van der Waals surface area contributed by atoms with Crippen LogP contribution in [0.2, 0.25) is 5.02 Å². The van der Waals surface area contributed by atoms with Gasteiger partial charge in [0.25, 0.3) is 5.91 Å². The van der Waals surface area contributed by atoms with E-state index in [-0.39, 0.29) is 5.91 Å². The lowest BCUT2D eigenvalue weighted by atomic mass is 10.2. The third kappa shape index (κ3) is 5.16. The summed E-state index contributed by atoms with van der Waals surface area (Å²) in [5.74, 6) is -0.268. The van der Waals surface area contributed by atoms with Gasteiger partial charge in [0.2, 0.25) is 6.10 Å². The highest BCUT2D eigenvalue weighted by Gasteiger charge is 2.13. The fourth-order valence-electron chi connectivity index (χ4n) is 1.56. The maximum absolute atomic E-state index is 11.9. The summed E-state index contributed by atoms with van der Waals surface area (Å²) >= 11 is 9.13. The molecule has 4 nitrogen and oxygen atoms in total. The first-order valence-corrected chi connectivity index (χ1v) is 7.73. The van der Waals surface area contributed by atoms with Gasteiger partial charge in [0.1, 0.15) is 0 Å². The number of hydrogen-bond acceptors (Lipinski definition) is 3. The Balaban J connectivity index is 1.85. The Morgan fingerprint density at radius 2 is 1.86 bits per heavy atom. The van der Waals surface area contributed by atoms with Crippen LogP contribution in [0.5, 0.6) is 0 Å². The summed E-state index contributed by atoms with van der Waals surface area (Å²) < 4.78 is 0.947. The van der Waals surface area contributed by atoms with Gasteiger partial charge in [-0.1, -0.05) is 44.8 Å². The first-order chi connectivity index (χ1) is 10.5. The zero-order chi connectivity index (χ0) is 15.9. The van der Waals surface area contributed by atoms with Gasteiger partial charge in [-0.2, -0.15) is 0 Å². The standard InChI is InChI=1S/C16H14BrClN2O2/c1-11(16(21)20-15-8-4-13(17)5-9-15)22-19-10-12-2-6-14(18)7-3-12/h2-11H,1H3,(H,20,21)/b19-10-/t11-/m1/s1. The molecule has 0 radical (unpaired) electrons. The Labute approximate surface area is 142 Å². The third-order valence-corrected chi connectivity index (χ3v) is 3.55. The predicted molar refractivity (Wildman–Crippen MR) is 92.4 cm³/mol. The molecule has 0 saturated heterocycles. The zero-order valence-electron chi connectivity index (χ0n) is 11.8. The smallest absolute Gasteiger partial charge is 0.267 e. The molecular weight excluding hydrogens is 368 g/mol. The van der Waals surface area contributed by atoms with Gasteiger partial charge >= 0.3 is 0 Å². The van der Waals surface area contributed by atoms with E-state index in [9.17, 15) is 4.79 Å². The first kappa shape index (κ1) is 16.5. The number of anilines is 1. The van der Waals surface area contributed by atoms with Gasteiger partial charge in [0.05, 0.1) is 6.21 Å². The molecule has 0 aromatic heterocycles. The molecule has 2 aromatic rings. The molecule has 0 saturated carbocycles. The lowest BCUT2D eigenvalue weighted by Gasteiger charge is -2.10. The minimum absolute atomic E-state index is 0.268. The first-order valence-electron chi connectivity index (χ1n) is 6.56. The molecule has 0 aliphatic heterocycles. The molecule has 0 unspecified atom stereocenters. The van der Waals surface area contributed by atoms with Crippen molar-refractivity contribution in [3.8, 4) is 0 Å². The summed E-state index contributed by atoms with van der Waals surface area (Å²) in [5, 5.41) is 7.21. The largest absolute Gasteiger partial charge is 0.383 e. The molecule has 2 aromatic carbocycles. The quantitative estimate of drug-likeness (QED) is 0.613. The number of nitrogens with zero attached hydrogens (tertiary/aromatic N) is 1. The van der Waals surface area contributed by atoms with Crippen LogP contribution >= 0.6 is 27.5 Å². The number of oxime groups is 1. The Morgan fingerprint density at radius 3 is 2.50 bits per heavy atom. The van der Waals surface area contributed by atoms with E-state index in [0.717, 1.165) is 10.0 Å². The van der Waals surface area contributed by atoms with Crippen LogP contribution in [0.15, 0.2) is 58.2 Å². The molecule has 0 fully saturated rings. The summed E-state index contributed by atoms with van der Waals surface area (Å²) in [6.45, 7) is 1.63. The van der Waals surface area contributed by atoms with E-state index in [0.29, 0.717) is 10.7 Å². The molecule has 0 aliphatic rings. The Bertz CT molecular complexity index is 657. The van der Waals surface area contributed by atoms with E-state index in [1.165, 1.54) is 6.21 Å². The number of hydrogen-bond donors (Lipinski definition) is 1. The summed E-state index contributed by atoms with van der Waals surface area (Å²) in [6, 6.07) is 14.4. The van der Waals surface area contributed by atoms with Crippen LogP contribution in [0.1, 0.15) is 12.5 Å². The van der Waals surface area contributed by atoms with Gasteiger partial charge in [-0.05, 0) is 48.9 Å². The SMILES string of the molecule is C[C@@H](O/N=C\c1ccc(Cl)cc1)C(=O)Nc1ccc(Br)cc1. The number of carbonyl (C=O) groups excluding carboxylic acids is 1. The third-order valence-electron chi connectivity index (χ3n) is 2.77. The maximum atomic E-state index is 11.9. The molecule has 22 heavy (non-hydrogen) atoms. The van der Waals surface area contributed by atoms with Crippen molar-refractivity contribution in [2.75, 3.05) is 5.32 Å². The summed E-state index contributed by atoms with van der Waals surface area (Å²) in [6.07, 6.45) is 0.826. The van der Waals surface area contributed by atoms with Crippen molar-refractivity contribution >= 4 is 45.3 Å². The van der Waals surface area contributed by atoms with Crippen molar-refractivity contribution in [3.63, 3.8) is 0 Å². The van der Waals surface area contributed by atoms with E-state index in [2.05, 4.69) is 26.4 Å². The number of carbonyl (C=O) groups is 1. The molecule has 0 aliphatic carbocycles. The molecule has 0 heterocycles. The van der Waals surface area contributed by atoms with Gasteiger partial charge < -0.3 is 10.2 Å². The zero-order valence-corrected chi connectivity index (χ0v) is 14.1. The minimum Gasteiger partial charge on any atom is -0.383 e. The summed E-state index contributed by atoms with van der Waals surface area (Å²) in [5.41, 5.74) is 1.54. The fourth-order valence-corrected chi connectivity index (χ4v) is 1.95. The number of benzene rings is 2. The van der Waals surface area contributed by atoms with Gasteiger partial charge in [0.15, 0.2) is 0 Å². The second-order valence-electron chi connectivity index (χ2n) is 4.53. The summed E-state index contributed by atoms with van der Waals surface area (Å²) in [4.78, 5) is 17.1. The average Bonchev–Trinajstić information content (AvgIpc) is 2.51. The Kier molecular flexibility index (Phi) is 5.98. The lowest BCUT2D eigenvalue weighted by Crippen LogP contribution is -2.26. The topological polar surface area (TPSA) is 50.7 Å². The number of halogens is 2. The van der Waals surface area contributed by atoms with E-state index >= 15 is 0 Å². The predicted octanol–water partition coefficient (Wildman–Crippen LogP) is 4.48. The van der Waals surface area contributed by atoms with Gasteiger partial charge in [0, 0.05) is 15.2 Å². The van der Waals surface area contributed by atoms with Crippen LogP contribution in [0.4, 0.5) is 5.69 Å². The molecular formula is C16H14BrClN2O2. The highest BCUT2D eigenvalue weighted by molar-refractivity contribution is 9.10.